The van der Waals surface area contributed by atoms with Gasteiger partial charge in [-0.2, -0.15) is 0 Å². The molecule has 3 atom stereocenters. The highest BCUT2D eigenvalue weighted by Crippen LogP contribution is 2.26. The highest BCUT2D eigenvalue weighted by molar-refractivity contribution is 5.76. The predicted molar refractivity (Wildman–Crippen MR) is 79.6 cm³/mol. The largest absolute Gasteiger partial charge is 0.481 e. The maximum Gasteiger partial charge on any atom is 0.312 e. The molecular formula is C16H24N2O2. The van der Waals surface area contributed by atoms with E-state index in [-0.39, 0.29) is 0 Å². The number of carboxylic acid groups (broad SMARTS) is 1. The Morgan fingerprint density at radius 3 is 2.75 bits per heavy atom. The molecular weight excluding hydrogens is 252 g/mol. The van der Waals surface area contributed by atoms with Crippen LogP contribution in [0, 0.1) is 5.92 Å². The zero-order valence-electron chi connectivity index (χ0n) is 12.0. The monoisotopic (exact) mass is 276 g/mol. The third-order valence-corrected chi connectivity index (χ3v) is 4.39. The smallest absolute Gasteiger partial charge is 0.312 e. The number of nitrogens with two attached hydrogens (primary N) is 1. The molecule has 0 amide bonds. The van der Waals surface area contributed by atoms with E-state index in [0.29, 0.717) is 25.0 Å². The molecule has 0 aliphatic carbocycles. The first-order chi connectivity index (χ1) is 9.63. The number of rotatable bonds is 5. The van der Waals surface area contributed by atoms with Gasteiger partial charge in [-0.15, -0.1) is 0 Å². The molecule has 2 rings (SSSR count). The van der Waals surface area contributed by atoms with Gasteiger partial charge in [0.15, 0.2) is 0 Å². The summed E-state index contributed by atoms with van der Waals surface area (Å²) in [6, 6.07) is 9.78. The Kier molecular flexibility index (Phi) is 5.15. The van der Waals surface area contributed by atoms with Crippen molar-refractivity contribution in [2.24, 2.45) is 11.7 Å². The lowest BCUT2D eigenvalue weighted by Gasteiger charge is -2.40. The fraction of sp³-hybridized carbons (Fsp3) is 0.562. The fourth-order valence-corrected chi connectivity index (χ4v) is 3.19. The van der Waals surface area contributed by atoms with Crippen LogP contribution in [0.25, 0.3) is 0 Å². The summed E-state index contributed by atoms with van der Waals surface area (Å²) in [5.74, 6) is -0.695. The summed E-state index contributed by atoms with van der Waals surface area (Å²) in [7, 11) is 0. The van der Waals surface area contributed by atoms with Crippen LogP contribution in [0.1, 0.15) is 31.2 Å². The summed E-state index contributed by atoms with van der Waals surface area (Å²) in [5, 5.41) is 9.52. The van der Waals surface area contributed by atoms with Crippen LogP contribution in [0.3, 0.4) is 0 Å². The maximum atomic E-state index is 11.6. The van der Waals surface area contributed by atoms with Crippen molar-refractivity contribution in [3.63, 3.8) is 0 Å². The van der Waals surface area contributed by atoms with Crippen molar-refractivity contribution in [2.75, 3.05) is 19.6 Å². The Balaban J connectivity index is 2.14. The van der Waals surface area contributed by atoms with Crippen LogP contribution in [-0.4, -0.2) is 41.7 Å². The molecule has 1 aliphatic heterocycles. The SMILES string of the molecule is CC1CCCN(CC(C(=O)O)c2ccccc2)C1CN. The van der Waals surface area contributed by atoms with Gasteiger partial charge in [-0.25, -0.2) is 0 Å². The highest BCUT2D eigenvalue weighted by Gasteiger charge is 2.31. The molecule has 0 aromatic heterocycles. The van der Waals surface area contributed by atoms with Gasteiger partial charge in [0.05, 0.1) is 5.92 Å². The predicted octanol–water partition coefficient (Wildman–Crippen LogP) is 1.91. The zero-order valence-corrected chi connectivity index (χ0v) is 12.0. The van der Waals surface area contributed by atoms with Gasteiger partial charge in [0.2, 0.25) is 0 Å². The van der Waals surface area contributed by atoms with E-state index < -0.39 is 11.9 Å². The molecule has 0 spiro atoms. The Labute approximate surface area is 120 Å². The minimum atomic E-state index is -0.759. The Bertz CT molecular complexity index is 435. The second kappa shape index (κ2) is 6.86. The quantitative estimate of drug-likeness (QED) is 0.862. The molecule has 0 saturated carbocycles. The minimum Gasteiger partial charge on any atom is -0.481 e. The van der Waals surface area contributed by atoms with Gasteiger partial charge in [-0.1, -0.05) is 37.3 Å². The average molecular weight is 276 g/mol. The van der Waals surface area contributed by atoms with Crippen LogP contribution in [0.2, 0.25) is 0 Å². The van der Waals surface area contributed by atoms with Gasteiger partial charge in [0, 0.05) is 19.1 Å². The number of carbonyl (C=O) groups is 1. The molecule has 110 valence electrons. The second-order valence-electron chi connectivity index (χ2n) is 5.72. The second-order valence-corrected chi connectivity index (χ2v) is 5.72. The van der Waals surface area contributed by atoms with E-state index in [0.717, 1.165) is 18.5 Å². The third-order valence-electron chi connectivity index (χ3n) is 4.39. The summed E-state index contributed by atoms with van der Waals surface area (Å²) >= 11 is 0. The van der Waals surface area contributed by atoms with Gasteiger partial charge >= 0.3 is 5.97 Å². The molecule has 1 aromatic rings. The standard InChI is InChI=1S/C16H24N2O2/c1-12-6-5-9-18(15(12)10-17)11-14(16(19)20)13-7-3-2-4-8-13/h2-4,7-8,12,14-15H,5-6,9-11,17H2,1H3,(H,19,20). The lowest BCUT2D eigenvalue weighted by atomic mass is 9.89. The summed E-state index contributed by atoms with van der Waals surface area (Å²) < 4.78 is 0. The van der Waals surface area contributed by atoms with Crippen molar-refractivity contribution < 1.29 is 9.90 Å². The number of carboxylic acids is 1. The summed E-state index contributed by atoms with van der Waals surface area (Å²) in [6.45, 7) is 4.30. The maximum absolute atomic E-state index is 11.6. The van der Waals surface area contributed by atoms with Crippen LogP contribution in [0.15, 0.2) is 30.3 Å². The molecule has 3 N–H and O–H groups in total. The molecule has 4 heteroatoms. The van der Waals surface area contributed by atoms with E-state index in [4.69, 9.17) is 5.73 Å². The minimum absolute atomic E-state index is 0.300. The molecule has 0 radical (unpaired) electrons. The molecule has 3 unspecified atom stereocenters. The zero-order chi connectivity index (χ0) is 14.5. The Morgan fingerprint density at radius 1 is 1.45 bits per heavy atom. The lowest BCUT2D eigenvalue weighted by Crippen LogP contribution is -2.50. The number of hydrogen-bond acceptors (Lipinski definition) is 3. The fourth-order valence-electron chi connectivity index (χ4n) is 3.19. The van der Waals surface area contributed by atoms with Gasteiger partial charge in [-0.05, 0) is 30.9 Å². The average Bonchev–Trinajstić information content (AvgIpc) is 2.45. The number of nitrogens with zero attached hydrogens (tertiary/aromatic N) is 1. The first-order valence-electron chi connectivity index (χ1n) is 7.35. The van der Waals surface area contributed by atoms with Crippen molar-refractivity contribution in [1.82, 2.24) is 4.90 Å². The summed E-state index contributed by atoms with van der Waals surface area (Å²) in [4.78, 5) is 13.9. The van der Waals surface area contributed by atoms with Gasteiger partial charge < -0.3 is 10.8 Å². The highest BCUT2D eigenvalue weighted by atomic mass is 16.4. The molecule has 1 fully saturated rings. The summed E-state index contributed by atoms with van der Waals surface area (Å²) in [6.07, 6.45) is 2.31. The van der Waals surface area contributed by atoms with E-state index >= 15 is 0 Å². The number of benzene rings is 1. The molecule has 1 heterocycles. The van der Waals surface area contributed by atoms with Crippen LogP contribution in [0.5, 0.6) is 0 Å². The van der Waals surface area contributed by atoms with Crippen molar-refractivity contribution >= 4 is 5.97 Å². The van der Waals surface area contributed by atoms with Crippen LogP contribution in [0.4, 0.5) is 0 Å². The molecule has 1 aromatic carbocycles. The molecule has 4 nitrogen and oxygen atoms in total. The molecule has 20 heavy (non-hydrogen) atoms. The van der Waals surface area contributed by atoms with Crippen molar-refractivity contribution in [1.29, 1.82) is 0 Å². The third kappa shape index (κ3) is 3.38. The van der Waals surface area contributed by atoms with Gasteiger partial charge in [0.1, 0.15) is 0 Å². The first-order valence-corrected chi connectivity index (χ1v) is 7.35. The van der Waals surface area contributed by atoms with E-state index in [1.54, 1.807) is 0 Å². The van der Waals surface area contributed by atoms with E-state index in [1.807, 2.05) is 30.3 Å². The Hall–Kier alpha value is -1.39. The number of hydrogen-bond donors (Lipinski definition) is 2. The number of aliphatic carboxylic acids is 1. The van der Waals surface area contributed by atoms with Crippen molar-refractivity contribution in [3.8, 4) is 0 Å². The molecule has 1 aliphatic rings. The van der Waals surface area contributed by atoms with Crippen LogP contribution >= 0.6 is 0 Å². The van der Waals surface area contributed by atoms with Crippen LogP contribution < -0.4 is 5.73 Å². The summed E-state index contributed by atoms with van der Waals surface area (Å²) in [5.41, 5.74) is 6.75. The first kappa shape index (κ1) is 15.0. The van der Waals surface area contributed by atoms with Gasteiger partial charge in [0.25, 0.3) is 0 Å². The van der Waals surface area contributed by atoms with E-state index in [1.165, 1.54) is 6.42 Å². The van der Waals surface area contributed by atoms with Gasteiger partial charge in [-0.3, -0.25) is 9.69 Å². The normalized spacial score (nSPS) is 25.3. The topological polar surface area (TPSA) is 66.6 Å². The van der Waals surface area contributed by atoms with Crippen molar-refractivity contribution in [2.45, 2.75) is 31.7 Å². The van der Waals surface area contributed by atoms with Crippen molar-refractivity contribution in [3.05, 3.63) is 35.9 Å². The van der Waals surface area contributed by atoms with Crippen LogP contribution in [-0.2, 0) is 4.79 Å². The Morgan fingerprint density at radius 2 is 2.15 bits per heavy atom. The molecule has 0 bridgehead atoms. The van der Waals surface area contributed by atoms with E-state index in [2.05, 4.69) is 11.8 Å². The molecule has 1 saturated heterocycles. The van der Waals surface area contributed by atoms with E-state index in [9.17, 15) is 9.90 Å². The number of piperidine rings is 1. The number of likely N-dealkylation sites (tertiary alicyclic amines) is 1. The lowest BCUT2D eigenvalue weighted by molar-refractivity contribution is -0.139.